The first-order chi connectivity index (χ1) is 9.16. The van der Waals surface area contributed by atoms with Gasteiger partial charge in [-0.15, -0.1) is 0 Å². The number of fused-ring (bicyclic) bond motifs is 1. The number of rotatable bonds is 1. The van der Waals surface area contributed by atoms with E-state index in [0.717, 1.165) is 31.7 Å². The molecule has 2 aliphatic heterocycles. The van der Waals surface area contributed by atoms with Crippen LogP contribution in [-0.2, 0) is 4.79 Å². The van der Waals surface area contributed by atoms with Crippen LogP contribution >= 0.6 is 0 Å². The Hall–Kier alpha value is -1.39. The van der Waals surface area contributed by atoms with Crippen molar-refractivity contribution in [3.8, 4) is 0 Å². The average molecular weight is 259 g/mol. The van der Waals surface area contributed by atoms with E-state index in [0.29, 0.717) is 6.04 Å². The fourth-order valence-corrected chi connectivity index (χ4v) is 3.14. The number of amides is 1. The van der Waals surface area contributed by atoms with E-state index in [2.05, 4.69) is 46.3 Å². The van der Waals surface area contributed by atoms with Gasteiger partial charge < -0.3 is 10.2 Å². The Bertz CT molecular complexity index is 471. The summed E-state index contributed by atoms with van der Waals surface area (Å²) in [4.78, 5) is 17.0. The molecule has 0 saturated carbocycles. The summed E-state index contributed by atoms with van der Waals surface area (Å²) >= 11 is 0. The minimum Gasteiger partial charge on any atom is -0.334 e. The standard InChI is InChI=1S/C15H21N3O/c1-11-3-5-12(6-4-11)14-15(19)18-8-7-16-9-13(18)10-17(14)2/h3-6,13-14,16H,7-10H2,1-2H3. The molecule has 0 bridgehead atoms. The Balaban J connectivity index is 1.88. The summed E-state index contributed by atoms with van der Waals surface area (Å²) in [5.74, 6) is 0.254. The quantitative estimate of drug-likeness (QED) is 0.809. The fraction of sp³-hybridized carbons (Fsp3) is 0.533. The van der Waals surface area contributed by atoms with Crippen molar-refractivity contribution in [2.75, 3.05) is 33.2 Å². The smallest absolute Gasteiger partial charge is 0.244 e. The highest BCUT2D eigenvalue weighted by Crippen LogP contribution is 2.28. The van der Waals surface area contributed by atoms with Gasteiger partial charge in [-0.25, -0.2) is 0 Å². The topological polar surface area (TPSA) is 35.6 Å². The van der Waals surface area contributed by atoms with Gasteiger partial charge in [0.05, 0.1) is 6.04 Å². The first-order valence-electron chi connectivity index (χ1n) is 6.95. The van der Waals surface area contributed by atoms with Crippen LogP contribution in [-0.4, -0.2) is 55.0 Å². The molecular weight excluding hydrogens is 238 g/mol. The maximum Gasteiger partial charge on any atom is 0.244 e. The molecule has 2 fully saturated rings. The number of carbonyl (C=O) groups is 1. The number of carbonyl (C=O) groups excluding carboxylic acids is 1. The summed E-state index contributed by atoms with van der Waals surface area (Å²) in [6.07, 6.45) is 0. The summed E-state index contributed by atoms with van der Waals surface area (Å²) in [6.45, 7) is 5.67. The predicted octanol–water partition coefficient (Wildman–Crippen LogP) is 0.782. The van der Waals surface area contributed by atoms with Gasteiger partial charge in [-0.05, 0) is 19.5 Å². The third-order valence-corrected chi connectivity index (χ3v) is 4.20. The molecule has 2 aliphatic rings. The summed E-state index contributed by atoms with van der Waals surface area (Å²) in [7, 11) is 2.05. The van der Waals surface area contributed by atoms with Gasteiger partial charge in [0.15, 0.2) is 0 Å². The SMILES string of the molecule is Cc1ccc(C2C(=O)N3CCNCC3CN2C)cc1. The molecule has 1 aromatic rings. The largest absolute Gasteiger partial charge is 0.334 e. The third-order valence-electron chi connectivity index (χ3n) is 4.20. The van der Waals surface area contributed by atoms with Crippen LogP contribution in [0.1, 0.15) is 17.2 Å². The van der Waals surface area contributed by atoms with E-state index in [9.17, 15) is 4.79 Å². The highest BCUT2D eigenvalue weighted by molar-refractivity contribution is 5.84. The lowest BCUT2D eigenvalue weighted by atomic mass is 9.97. The van der Waals surface area contributed by atoms with Crippen LogP contribution in [0.2, 0.25) is 0 Å². The summed E-state index contributed by atoms with van der Waals surface area (Å²) < 4.78 is 0. The van der Waals surface area contributed by atoms with Gasteiger partial charge in [-0.1, -0.05) is 29.8 Å². The molecule has 0 aromatic heterocycles. The summed E-state index contributed by atoms with van der Waals surface area (Å²) in [5.41, 5.74) is 2.34. The number of hydrogen-bond acceptors (Lipinski definition) is 3. The van der Waals surface area contributed by atoms with Crippen molar-refractivity contribution in [2.45, 2.75) is 19.0 Å². The molecule has 1 amide bonds. The lowest BCUT2D eigenvalue weighted by molar-refractivity contribution is -0.146. The van der Waals surface area contributed by atoms with Crippen LogP contribution in [0.25, 0.3) is 0 Å². The van der Waals surface area contributed by atoms with E-state index in [4.69, 9.17) is 0 Å². The molecule has 0 aliphatic carbocycles. The van der Waals surface area contributed by atoms with Crippen molar-refractivity contribution < 1.29 is 4.79 Å². The van der Waals surface area contributed by atoms with Crippen LogP contribution in [0.5, 0.6) is 0 Å². The van der Waals surface area contributed by atoms with Gasteiger partial charge in [0.25, 0.3) is 0 Å². The molecule has 2 heterocycles. The average Bonchev–Trinajstić information content (AvgIpc) is 2.41. The maximum absolute atomic E-state index is 12.7. The van der Waals surface area contributed by atoms with Gasteiger partial charge >= 0.3 is 0 Å². The van der Waals surface area contributed by atoms with Gasteiger partial charge in [-0.3, -0.25) is 9.69 Å². The molecule has 0 spiro atoms. The fourth-order valence-electron chi connectivity index (χ4n) is 3.14. The lowest BCUT2D eigenvalue weighted by Crippen LogP contribution is -2.63. The van der Waals surface area contributed by atoms with Crippen molar-refractivity contribution >= 4 is 5.91 Å². The third kappa shape index (κ3) is 2.26. The molecule has 102 valence electrons. The van der Waals surface area contributed by atoms with Crippen molar-refractivity contribution in [3.63, 3.8) is 0 Å². The Morgan fingerprint density at radius 1 is 1.26 bits per heavy atom. The Morgan fingerprint density at radius 2 is 2.00 bits per heavy atom. The first kappa shape index (κ1) is 12.6. The maximum atomic E-state index is 12.7. The highest BCUT2D eigenvalue weighted by atomic mass is 16.2. The van der Waals surface area contributed by atoms with Crippen molar-refractivity contribution in [2.24, 2.45) is 0 Å². The monoisotopic (exact) mass is 259 g/mol. The van der Waals surface area contributed by atoms with Crippen LogP contribution in [0, 0.1) is 6.92 Å². The number of aryl methyl sites for hydroxylation is 1. The normalized spacial score (nSPS) is 28.3. The van der Waals surface area contributed by atoms with Gasteiger partial charge in [0.2, 0.25) is 5.91 Å². The van der Waals surface area contributed by atoms with Crippen molar-refractivity contribution in [1.82, 2.24) is 15.1 Å². The predicted molar refractivity (Wildman–Crippen MR) is 74.9 cm³/mol. The Labute approximate surface area is 114 Å². The molecule has 4 nitrogen and oxygen atoms in total. The van der Waals surface area contributed by atoms with Crippen LogP contribution in [0.4, 0.5) is 0 Å². The summed E-state index contributed by atoms with van der Waals surface area (Å²) in [6, 6.07) is 8.54. The molecule has 3 rings (SSSR count). The molecule has 2 unspecified atom stereocenters. The van der Waals surface area contributed by atoms with Crippen molar-refractivity contribution in [3.05, 3.63) is 35.4 Å². The molecule has 0 radical (unpaired) electrons. The molecule has 1 aromatic carbocycles. The molecule has 4 heteroatoms. The Morgan fingerprint density at radius 3 is 2.74 bits per heavy atom. The number of nitrogens with one attached hydrogen (secondary N) is 1. The highest BCUT2D eigenvalue weighted by Gasteiger charge is 2.40. The zero-order chi connectivity index (χ0) is 13.4. The van der Waals surface area contributed by atoms with E-state index in [-0.39, 0.29) is 11.9 Å². The minimum atomic E-state index is -0.116. The summed E-state index contributed by atoms with van der Waals surface area (Å²) in [5, 5.41) is 3.37. The van der Waals surface area contributed by atoms with E-state index in [1.165, 1.54) is 5.56 Å². The van der Waals surface area contributed by atoms with Crippen LogP contribution < -0.4 is 5.32 Å². The number of benzene rings is 1. The molecule has 2 atom stereocenters. The Kier molecular flexibility index (Phi) is 3.29. The second-order valence-electron chi connectivity index (χ2n) is 5.64. The van der Waals surface area contributed by atoms with Crippen LogP contribution in [0.3, 0.4) is 0 Å². The first-order valence-corrected chi connectivity index (χ1v) is 6.95. The van der Waals surface area contributed by atoms with E-state index in [1.54, 1.807) is 0 Å². The van der Waals surface area contributed by atoms with E-state index in [1.807, 2.05) is 7.05 Å². The molecule has 2 saturated heterocycles. The zero-order valence-corrected chi connectivity index (χ0v) is 11.6. The van der Waals surface area contributed by atoms with Gasteiger partial charge in [-0.2, -0.15) is 0 Å². The number of hydrogen-bond donors (Lipinski definition) is 1. The molecule has 19 heavy (non-hydrogen) atoms. The minimum absolute atomic E-state index is 0.116. The van der Waals surface area contributed by atoms with Gasteiger partial charge in [0.1, 0.15) is 6.04 Å². The second kappa shape index (κ2) is 4.94. The van der Waals surface area contributed by atoms with Crippen LogP contribution in [0.15, 0.2) is 24.3 Å². The molecular formula is C15H21N3O. The van der Waals surface area contributed by atoms with E-state index < -0.39 is 0 Å². The van der Waals surface area contributed by atoms with E-state index >= 15 is 0 Å². The van der Waals surface area contributed by atoms with Gasteiger partial charge in [0, 0.05) is 26.2 Å². The second-order valence-corrected chi connectivity index (χ2v) is 5.64. The zero-order valence-electron chi connectivity index (χ0n) is 11.6. The van der Waals surface area contributed by atoms with Crippen molar-refractivity contribution in [1.29, 1.82) is 0 Å². The number of nitrogens with zero attached hydrogens (tertiary/aromatic N) is 2. The number of piperazine rings is 2. The molecule has 1 N–H and O–H groups in total. The lowest BCUT2D eigenvalue weighted by Gasteiger charge is -2.46. The number of likely N-dealkylation sites (N-methyl/N-ethyl adjacent to an activating group) is 1.